The first-order valence-corrected chi connectivity index (χ1v) is 14.0. The average molecular weight is 571 g/mol. The van der Waals surface area contributed by atoms with E-state index in [2.05, 4.69) is 60.1 Å². The number of hydrogen-bond donors (Lipinski definition) is 4. The van der Waals surface area contributed by atoms with E-state index in [0.29, 0.717) is 53.5 Å². The summed E-state index contributed by atoms with van der Waals surface area (Å²) in [4.78, 5) is 13.4. The number of hydrogen-bond acceptors (Lipinski definition) is 6. The molecule has 212 valence electrons. The molecule has 0 fully saturated rings. The van der Waals surface area contributed by atoms with Gasteiger partial charge in [0.1, 0.15) is 11.5 Å². The van der Waals surface area contributed by atoms with Gasteiger partial charge in [0.2, 0.25) is 0 Å². The molecule has 1 heterocycles. The minimum atomic E-state index is -0.304. The summed E-state index contributed by atoms with van der Waals surface area (Å²) in [6.45, 7) is 5.60. The lowest BCUT2D eigenvalue weighted by Crippen LogP contribution is -2.44. The lowest BCUT2D eigenvalue weighted by atomic mass is 10.0. The quantitative estimate of drug-likeness (QED) is 0.157. The van der Waals surface area contributed by atoms with Gasteiger partial charge in [-0.25, -0.2) is 0 Å². The number of aliphatic hydroxyl groups is 1. The minimum Gasteiger partial charge on any atom is -0.460 e. The van der Waals surface area contributed by atoms with Crippen molar-refractivity contribution < 1.29 is 14.3 Å². The van der Waals surface area contributed by atoms with Crippen molar-refractivity contribution in [3.8, 4) is 17.4 Å². The Morgan fingerprint density at radius 2 is 1.80 bits per heavy atom. The first-order valence-electron chi connectivity index (χ1n) is 13.7. The van der Waals surface area contributed by atoms with Crippen molar-refractivity contribution in [1.29, 1.82) is 5.26 Å². The van der Waals surface area contributed by atoms with Gasteiger partial charge in [-0.1, -0.05) is 59.6 Å². The van der Waals surface area contributed by atoms with E-state index < -0.39 is 0 Å². The van der Waals surface area contributed by atoms with E-state index in [1.807, 2.05) is 30.3 Å². The molecule has 2 atom stereocenters. The minimum absolute atomic E-state index is 0.00305. The van der Waals surface area contributed by atoms with Crippen molar-refractivity contribution in [2.75, 3.05) is 19.7 Å². The van der Waals surface area contributed by atoms with Gasteiger partial charge < -0.3 is 25.5 Å². The summed E-state index contributed by atoms with van der Waals surface area (Å²) in [5.41, 5.74) is 4.97. The maximum atomic E-state index is 13.4. The Morgan fingerprint density at radius 3 is 2.51 bits per heavy atom. The Hall–Kier alpha value is -3.93. The van der Waals surface area contributed by atoms with Crippen molar-refractivity contribution in [3.63, 3.8) is 0 Å². The van der Waals surface area contributed by atoms with E-state index >= 15 is 0 Å². The molecule has 3 aromatic carbocycles. The Balaban J connectivity index is 1.44. The SMILES string of the molecule is Cc1ccc([C@@H](C)NCc2ccc(-c3cccc(C(=O)N[C@@H](CNCCO)Cc4ccc(C#N)cc4)c3Cl)o2)cc1. The highest BCUT2D eigenvalue weighted by molar-refractivity contribution is 6.36. The number of halogens is 1. The van der Waals surface area contributed by atoms with Crippen LogP contribution in [0.1, 0.15) is 51.3 Å². The molecule has 0 aliphatic rings. The summed E-state index contributed by atoms with van der Waals surface area (Å²) in [6, 6.07) is 26.8. The summed E-state index contributed by atoms with van der Waals surface area (Å²) in [6.07, 6.45) is 0.544. The molecule has 0 unspecified atom stereocenters. The van der Waals surface area contributed by atoms with E-state index in [4.69, 9.17) is 21.3 Å². The highest BCUT2D eigenvalue weighted by Crippen LogP contribution is 2.32. The Morgan fingerprint density at radius 1 is 1.05 bits per heavy atom. The van der Waals surface area contributed by atoms with Gasteiger partial charge >= 0.3 is 0 Å². The van der Waals surface area contributed by atoms with Gasteiger partial charge in [-0.05, 0) is 67.8 Å². The molecule has 1 amide bonds. The van der Waals surface area contributed by atoms with E-state index in [9.17, 15) is 9.90 Å². The van der Waals surface area contributed by atoms with E-state index in [1.165, 1.54) is 11.1 Å². The fourth-order valence-electron chi connectivity index (χ4n) is 4.53. The monoisotopic (exact) mass is 570 g/mol. The number of rotatable bonds is 13. The summed E-state index contributed by atoms with van der Waals surface area (Å²) in [5, 5.41) is 28.3. The van der Waals surface area contributed by atoms with Crippen LogP contribution in [0, 0.1) is 18.3 Å². The molecule has 0 radical (unpaired) electrons. The normalized spacial score (nSPS) is 12.5. The molecule has 0 aliphatic heterocycles. The number of nitrogens with zero attached hydrogens (tertiary/aromatic N) is 1. The van der Waals surface area contributed by atoms with Gasteiger partial charge in [0.05, 0.1) is 35.4 Å². The number of nitriles is 1. The number of amides is 1. The van der Waals surface area contributed by atoms with Crippen LogP contribution in [0.5, 0.6) is 0 Å². The first kappa shape index (κ1) is 30.0. The van der Waals surface area contributed by atoms with Gasteiger partial charge in [-0.3, -0.25) is 4.79 Å². The number of furan rings is 1. The van der Waals surface area contributed by atoms with Crippen LogP contribution in [-0.4, -0.2) is 36.8 Å². The van der Waals surface area contributed by atoms with E-state index in [-0.39, 0.29) is 24.6 Å². The van der Waals surface area contributed by atoms with Crippen LogP contribution in [0.4, 0.5) is 0 Å². The predicted molar refractivity (Wildman–Crippen MR) is 162 cm³/mol. The van der Waals surface area contributed by atoms with E-state index in [0.717, 1.165) is 11.3 Å². The topological polar surface area (TPSA) is 110 Å². The Bertz CT molecular complexity index is 1480. The van der Waals surface area contributed by atoms with Crippen LogP contribution >= 0.6 is 11.6 Å². The van der Waals surface area contributed by atoms with Crippen LogP contribution < -0.4 is 16.0 Å². The molecule has 1 aromatic heterocycles. The first-order chi connectivity index (χ1) is 19.9. The van der Waals surface area contributed by atoms with Crippen molar-refractivity contribution >= 4 is 17.5 Å². The van der Waals surface area contributed by atoms with Crippen LogP contribution in [-0.2, 0) is 13.0 Å². The number of aryl methyl sites for hydroxylation is 1. The molecule has 4 rings (SSSR count). The molecular weight excluding hydrogens is 536 g/mol. The lowest BCUT2D eigenvalue weighted by molar-refractivity contribution is 0.0936. The Kier molecular flexibility index (Phi) is 10.7. The van der Waals surface area contributed by atoms with Crippen LogP contribution in [0.25, 0.3) is 11.3 Å². The molecule has 0 saturated heterocycles. The second kappa shape index (κ2) is 14.6. The number of aliphatic hydroxyl groups excluding tert-OH is 1. The molecule has 4 aromatic rings. The zero-order chi connectivity index (χ0) is 29.2. The molecule has 0 spiro atoms. The summed E-state index contributed by atoms with van der Waals surface area (Å²) >= 11 is 6.76. The maximum absolute atomic E-state index is 13.4. The molecule has 0 aliphatic carbocycles. The second-order valence-corrected chi connectivity index (χ2v) is 10.4. The smallest absolute Gasteiger partial charge is 0.253 e. The van der Waals surface area contributed by atoms with Gasteiger partial charge in [0.25, 0.3) is 5.91 Å². The van der Waals surface area contributed by atoms with Crippen LogP contribution in [0.2, 0.25) is 5.02 Å². The fraction of sp³-hybridized carbons (Fsp3) is 0.273. The highest BCUT2D eigenvalue weighted by atomic mass is 35.5. The third-order valence-corrected chi connectivity index (χ3v) is 7.32. The number of carbonyl (C=O) groups is 1. The summed E-state index contributed by atoms with van der Waals surface area (Å²) in [7, 11) is 0. The zero-order valence-corrected chi connectivity index (χ0v) is 24.0. The molecule has 7 nitrogen and oxygen atoms in total. The highest BCUT2D eigenvalue weighted by Gasteiger charge is 2.20. The summed E-state index contributed by atoms with van der Waals surface area (Å²) in [5.74, 6) is 1.05. The van der Waals surface area contributed by atoms with Crippen molar-refractivity contribution in [2.45, 2.75) is 38.9 Å². The van der Waals surface area contributed by atoms with Gasteiger partial charge in [0, 0.05) is 30.7 Å². The molecule has 41 heavy (non-hydrogen) atoms. The fourth-order valence-corrected chi connectivity index (χ4v) is 4.84. The molecule has 0 saturated carbocycles. The number of nitrogens with one attached hydrogen (secondary N) is 3. The standard InChI is InChI=1S/C33H35ClN4O3/c1-22-6-12-26(13-7-22)23(2)37-21-28-14-15-31(41-28)29-4-3-5-30(32(29)34)33(40)38-27(20-36-16-17-39)18-24-8-10-25(19-35)11-9-24/h3-15,23,27,36-37,39H,16-18,20-21H2,1-2H3,(H,38,40)/t23-,27-/m1/s1. The predicted octanol–water partition coefficient (Wildman–Crippen LogP) is 5.55. The van der Waals surface area contributed by atoms with E-state index in [1.54, 1.807) is 24.3 Å². The van der Waals surface area contributed by atoms with Gasteiger partial charge in [-0.15, -0.1) is 0 Å². The second-order valence-electron chi connectivity index (χ2n) is 10.1. The molecule has 8 heteroatoms. The third-order valence-electron chi connectivity index (χ3n) is 6.91. The third kappa shape index (κ3) is 8.29. The van der Waals surface area contributed by atoms with Gasteiger partial charge in [-0.2, -0.15) is 5.26 Å². The van der Waals surface area contributed by atoms with Crippen LogP contribution in [0.15, 0.2) is 83.3 Å². The van der Waals surface area contributed by atoms with Crippen molar-refractivity contribution in [1.82, 2.24) is 16.0 Å². The van der Waals surface area contributed by atoms with Crippen molar-refractivity contribution in [3.05, 3.63) is 117 Å². The zero-order valence-electron chi connectivity index (χ0n) is 23.3. The number of benzene rings is 3. The van der Waals surface area contributed by atoms with Crippen molar-refractivity contribution in [2.24, 2.45) is 0 Å². The molecule has 0 bridgehead atoms. The maximum Gasteiger partial charge on any atom is 0.253 e. The average Bonchev–Trinajstić information content (AvgIpc) is 3.45. The molecule has 4 N–H and O–H groups in total. The molecular formula is C33H35ClN4O3. The van der Waals surface area contributed by atoms with Crippen LogP contribution in [0.3, 0.4) is 0 Å². The Labute approximate surface area is 246 Å². The number of carbonyl (C=O) groups excluding carboxylic acids is 1. The lowest BCUT2D eigenvalue weighted by Gasteiger charge is -2.20. The summed E-state index contributed by atoms with van der Waals surface area (Å²) < 4.78 is 6.10. The van der Waals surface area contributed by atoms with Gasteiger partial charge in [0.15, 0.2) is 0 Å². The largest absolute Gasteiger partial charge is 0.460 e.